The number of amides is 3. The zero-order valence-electron chi connectivity index (χ0n) is 15.5. The second-order valence-corrected chi connectivity index (χ2v) is 7.35. The molecule has 0 saturated carbocycles. The van der Waals surface area contributed by atoms with Gasteiger partial charge >= 0.3 is 6.03 Å². The third-order valence-electron chi connectivity index (χ3n) is 5.68. The summed E-state index contributed by atoms with van der Waals surface area (Å²) in [6.45, 7) is 4.69. The number of aliphatic hydroxyl groups is 1. The van der Waals surface area contributed by atoms with Crippen molar-refractivity contribution in [3.8, 4) is 0 Å². The van der Waals surface area contributed by atoms with E-state index in [9.17, 15) is 9.59 Å². The molecule has 2 aliphatic heterocycles. The van der Waals surface area contributed by atoms with Gasteiger partial charge in [0.05, 0.1) is 0 Å². The number of urea groups is 1. The lowest BCUT2D eigenvalue weighted by atomic mass is 9.83. The van der Waals surface area contributed by atoms with E-state index < -0.39 is 0 Å². The van der Waals surface area contributed by atoms with Crippen LogP contribution in [0.25, 0.3) is 0 Å². The van der Waals surface area contributed by atoms with Gasteiger partial charge in [-0.15, -0.1) is 0 Å². The van der Waals surface area contributed by atoms with Crippen LogP contribution in [0.15, 0.2) is 24.3 Å². The number of nitrogens with zero attached hydrogens (tertiary/aromatic N) is 2. The van der Waals surface area contributed by atoms with E-state index in [1.165, 1.54) is 5.56 Å². The molecule has 26 heavy (non-hydrogen) atoms. The fraction of sp³-hybridized carbons (Fsp3) is 0.600. The molecular weight excluding hydrogens is 330 g/mol. The second kappa shape index (κ2) is 8.54. The molecule has 0 aliphatic carbocycles. The van der Waals surface area contributed by atoms with Crippen molar-refractivity contribution in [2.24, 2.45) is 5.92 Å². The van der Waals surface area contributed by atoms with Gasteiger partial charge in [0.15, 0.2) is 0 Å². The molecule has 0 aromatic heterocycles. The van der Waals surface area contributed by atoms with Gasteiger partial charge in [-0.3, -0.25) is 4.79 Å². The number of nitrogens with one attached hydrogen (secondary N) is 1. The Labute approximate surface area is 155 Å². The Bertz CT molecular complexity index is 649. The summed E-state index contributed by atoms with van der Waals surface area (Å²) < 4.78 is 0. The molecule has 1 aromatic rings. The molecule has 6 nitrogen and oxygen atoms in total. The molecule has 3 rings (SSSR count). The lowest BCUT2D eigenvalue weighted by molar-refractivity contribution is -0.140. The molecule has 2 atom stereocenters. The Balaban J connectivity index is 1.55. The van der Waals surface area contributed by atoms with Crippen molar-refractivity contribution in [3.63, 3.8) is 0 Å². The molecule has 1 aromatic carbocycles. The van der Waals surface area contributed by atoms with Crippen LogP contribution in [0.2, 0.25) is 0 Å². The minimum atomic E-state index is -0.0227. The number of aryl methyl sites for hydroxylation is 1. The molecule has 0 bridgehead atoms. The summed E-state index contributed by atoms with van der Waals surface area (Å²) in [6, 6.07) is 8.26. The summed E-state index contributed by atoms with van der Waals surface area (Å²) in [6.07, 6.45) is 2.83. The normalized spacial score (nSPS) is 22.9. The van der Waals surface area contributed by atoms with Crippen molar-refractivity contribution in [2.45, 2.75) is 45.2 Å². The zero-order valence-corrected chi connectivity index (χ0v) is 15.5. The Morgan fingerprint density at radius 3 is 2.88 bits per heavy atom. The van der Waals surface area contributed by atoms with Gasteiger partial charge in [-0.05, 0) is 43.2 Å². The number of rotatable bonds is 5. The SMILES string of the molecule is Cc1ccccc1CNC(=O)N1CC[C@@H]2[C@@H](CCC(=O)N2CCCO)C1. The van der Waals surface area contributed by atoms with E-state index >= 15 is 0 Å². The average Bonchev–Trinajstić information content (AvgIpc) is 2.66. The van der Waals surface area contributed by atoms with Crippen LogP contribution in [0.4, 0.5) is 4.79 Å². The molecule has 3 amide bonds. The highest BCUT2D eigenvalue weighted by Gasteiger charge is 2.39. The number of hydrogen-bond donors (Lipinski definition) is 2. The number of carbonyl (C=O) groups excluding carboxylic acids is 2. The Morgan fingerprint density at radius 2 is 2.12 bits per heavy atom. The van der Waals surface area contributed by atoms with Crippen LogP contribution in [0, 0.1) is 12.8 Å². The number of likely N-dealkylation sites (tertiary alicyclic amines) is 2. The highest BCUT2D eigenvalue weighted by Crippen LogP contribution is 2.31. The molecule has 0 radical (unpaired) electrons. The molecule has 2 heterocycles. The predicted octanol–water partition coefficient (Wildman–Crippen LogP) is 1.90. The third-order valence-corrected chi connectivity index (χ3v) is 5.68. The first kappa shape index (κ1) is 18.7. The Kier molecular flexibility index (Phi) is 6.14. The molecule has 2 saturated heterocycles. The number of aliphatic hydroxyl groups excluding tert-OH is 1. The highest BCUT2D eigenvalue weighted by molar-refractivity contribution is 5.78. The van der Waals surface area contributed by atoms with Crippen molar-refractivity contribution < 1.29 is 14.7 Å². The van der Waals surface area contributed by atoms with Gasteiger partial charge in [-0.1, -0.05) is 24.3 Å². The van der Waals surface area contributed by atoms with Crippen LogP contribution in [-0.2, 0) is 11.3 Å². The average molecular weight is 359 g/mol. The summed E-state index contributed by atoms with van der Waals surface area (Å²) in [4.78, 5) is 28.6. The monoisotopic (exact) mass is 359 g/mol. The van der Waals surface area contributed by atoms with Crippen LogP contribution >= 0.6 is 0 Å². The minimum Gasteiger partial charge on any atom is -0.396 e. The Hall–Kier alpha value is -2.08. The molecule has 0 unspecified atom stereocenters. The number of benzene rings is 1. The lowest BCUT2D eigenvalue weighted by Crippen LogP contribution is -2.58. The van der Waals surface area contributed by atoms with E-state index in [2.05, 4.69) is 5.32 Å². The van der Waals surface area contributed by atoms with E-state index in [0.717, 1.165) is 18.4 Å². The third kappa shape index (κ3) is 4.18. The number of carbonyl (C=O) groups is 2. The molecule has 2 fully saturated rings. The summed E-state index contributed by atoms with van der Waals surface area (Å²) >= 11 is 0. The molecule has 2 aliphatic rings. The molecule has 142 valence electrons. The van der Waals surface area contributed by atoms with Gasteiger partial charge in [-0.25, -0.2) is 4.79 Å². The predicted molar refractivity (Wildman–Crippen MR) is 99.5 cm³/mol. The lowest BCUT2D eigenvalue weighted by Gasteiger charge is -2.47. The van der Waals surface area contributed by atoms with Crippen molar-refractivity contribution in [1.29, 1.82) is 0 Å². The minimum absolute atomic E-state index is 0.0227. The maximum absolute atomic E-state index is 12.6. The molecule has 6 heteroatoms. The van der Waals surface area contributed by atoms with Gasteiger partial charge in [0.25, 0.3) is 0 Å². The largest absolute Gasteiger partial charge is 0.396 e. The first-order chi connectivity index (χ1) is 12.6. The second-order valence-electron chi connectivity index (χ2n) is 7.35. The number of hydrogen-bond acceptors (Lipinski definition) is 3. The van der Waals surface area contributed by atoms with Crippen molar-refractivity contribution in [2.75, 3.05) is 26.2 Å². The van der Waals surface area contributed by atoms with E-state index in [4.69, 9.17) is 5.11 Å². The summed E-state index contributed by atoms with van der Waals surface area (Å²) in [5.74, 6) is 0.529. The number of fused-ring (bicyclic) bond motifs is 1. The van der Waals surface area contributed by atoms with Crippen molar-refractivity contribution in [3.05, 3.63) is 35.4 Å². The van der Waals surface area contributed by atoms with Crippen LogP contribution < -0.4 is 5.32 Å². The van der Waals surface area contributed by atoms with Crippen molar-refractivity contribution >= 4 is 11.9 Å². The fourth-order valence-electron chi connectivity index (χ4n) is 4.16. The van der Waals surface area contributed by atoms with Gasteiger partial charge in [0.2, 0.25) is 5.91 Å². The van der Waals surface area contributed by atoms with E-state index in [-0.39, 0.29) is 24.6 Å². The van der Waals surface area contributed by atoms with Crippen molar-refractivity contribution in [1.82, 2.24) is 15.1 Å². The standard InChI is InChI=1S/C20H29N3O3/c1-15-5-2-3-6-16(15)13-21-20(26)22-11-9-18-17(14-22)7-8-19(25)23(18)10-4-12-24/h2-3,5-6,17-18,24H,4,7-14H2,1H3,(H,21,26)/t17-,18+/m0/s1. The summed E-state index contributed by atoms with van der Waals surface area (Å²) in [5, 5.41) is 12.1. The quantitative estimate of drug-likeness (QED) is 0.843. The van der Waals surface area contributed by atoms with Gasteiger partial charge in [-0.2, -0.15) is 0 Å². The number of piperidine rings is 2. The maximum Gasteiger partial charge on any atom is 0.317 e. The van der Waals surface area contributed by atoms with E-state index in [1.807, 2.05) is 41.0 Å². The van der Waals surface area contributed by atoms with Crippen LogP contribution in [-0.4, -0.2) is 59.1 Å². The summed E-state index contributed by atoms with van der Waals surface area (Å²) in [7, 11) is 0. The fourth-order valence-corrected chi connectivity index (χ4v) is 4.16. The van der Waals surface area contributed by atoms with Crippen LogP contribution in [0.3, 0.4) is 0 Å². The molecular formula is C20H29N3O3. The van der Waals surface area contributed by atoms with E-state index in [0.29, 0.717) is 44.9 Å². The maximum atomic E-state index is 12.6. The smallest absolute Gasteiger partial charge is 0.317 e. The molecule has 0 spiro atoms. The first-order valence-corrected chi connectivity index (χ1v) is 9.57. The van der Waals surface area contributed by atoms with Gasteiger partial charge in [0.1, 0.15) is 0 Å². The van der Waals surface area contributed by atoms with Crippen LogP contribution in [0.1, 0.15) is 36.8 Å². The summed E-state index contributed by atoms with van der Waals surface area (Å²) in [5.41, 5.74) is 2.31. The van der Waals surface area contributed by atoms with E-state index in [1.54, 1.807) is 0 Å². The molecule has 2 N–H and O–H groups in total. The highest BCUT2D eigenvalue weighted by atomic mass is 16.3. The first-order valence-electron chi connectivity index (χ1n) is 9.57. The van der Waals surface area contributed by atoms with Gasteiger partial charge in [0, 0.05) is 45.2 Å². The Morgan fingerprint density at radius 1 is 1.31 bits per heavy atom. The van der Waals surface area contributed by atoms with Gasteiger partial charge < -0.3 is 20.2 Å². The van der Waals surface area contributed by atoms with Crippen LogP contribution in [0.5, 0.6) is 0 Å². The zero-order chi connectivity index (χ0) is 18.5. The topological polar surface area (TPSA) is 72.9 Å².